The van der Waals surface area contributed by atoms with Crippen LogP contribution < -0.4 is 16.6 Å². The highest BCUT2D eigenvalue weighted by Gasteiger charge is 2.24. The molecule has 9 heteroatoms. The summed E-state index contributed by atoms with van der Waals surface area (Å²) in [5, 5.41) is 3.52. The number of aromatic amines is 1. The molecule has 0 bridgehead atoms. The van der Waals surface area contributed by atoms with Crippen molar-refractivity contribution in [3.05, 3.63) is 60.6 Å². The highest BCUT2D eigenvalue weighted by atomic mass is 32.1. The van der Waals surface area contributed by atoms with E-state index < -0.39 is 23.1 Å². The molecule has 2 aromatic heterocycles. The van der Waals surface area contributed by atoms with Gasteiger partial charge in [-0.3, -0.25) is 14.2 Å². The summed E-state index contributed by atoms with van der Waals surface area (Å²) in [6.07, 6.45) is 0.632. The smallest absolute Gasteiger partial charge is 0.341 e. The van der Waals surface area contributed by atoms with Crippen molar-refractivity contribution in [2.45, 2.75) is 40.7 Å². The van der Waals surface area contributed by atoms with E-state index in [1.807, 2.05) is 13.8 Å². The van der Waals surface area contributed by atoms with Gasteiger partial charge in [0.15, 0.2) is 0 Å². The maximum Gasteiger partial charge on any atom is 0.341 e. The van der Waals surface area contributed by atoms with Gasteiger partial charge in [0, 0.05) is 17.0 Å². The molecule has 0 radical (unpaired) electrons. The number of anilines is 1. The Balaban J connectivity index is 2.01. The number of ether oxygens (including phenoxy) is 1. The van der Waals surface area contributed by atoms with Gasteiger partial charge in [-0.25, -0.2) is 9.59 Å². The van der Waals surface area contributed by atoms with Crippen LogP contribution in [-0.4, -0.2) is 28.0 Å². The number of carbonyl (C=O) groups is 2. The molecule has 2 heterocycles. The van der Waals surface area contributed by atoms with Crippen LogP contribution in [0.4, 0.5) is 5.00 Å². The van der Waals surface area contributed by atoms with E-state index in [1.54, 1.807) is 13.8 Å². The van der Waals surface area contributed by atoms with Gasteiger partial charge in [0.25, 0.3) is 11.5 Å². The SMILES string of the molecule is CCOC(=O)c1c(NC(=O)c2ccc3c(=O)n(CC)c(=O)[nH]c3c2)sc(C)c1CC. The van der Waals surface area contributed by atoms with Crippen LogP contribution in [0.1, 0.15) is 51.9 Å². The number of hydrogen-bond acceptors (Lipinski definition) is 6. The maximum absolute atomic E-state index is 12.9. The third kappa shape index (κ3) is 3.80. The zero-order valence-corrected chi connectivity index (χ0v) is 18.1. The van der Waals surface area contributed by atoms with E-state index >= 15 is 0 Å². The summed E-state index contributed by atoms with van der Waals surface area (Å²) in [5.74, 6) is -0.927. The molecule has 0 spiro atoms. The van der Waals surface area contributed by atoms with Crippen LogP contribution in [0, 0.1) is 6.92 Å². The summed E-state index contributed by atoms with van der Waals surface area (Å²) in [5.41, 5.74) is 0.815. The molecule has 30 heavy (non-hydrogen) atoms. The topological polar surface area (TPSA) is 110 Å². The Kier molecular flexibility index (Phi) is 6.21. The number of nitrogens with zero attached hydrogens (tertiary/aromatic N) is 1. The van der Waals surface area contributed by atoms with E-state index in [4.69, 9.17) is 4.74 Å². The van der Waals surface area contributed by atoms with Gasteiger partial charge in [-0.05, 0) is 51.0 Å². The molecule has 0 aliphatic carbocycles. The van der Waals surface area contributed by atoms with Gasteiger partial charge in [-0.2, -0.15) is 0 Å². The van der Waals surface area contributed by atoms with Crippen LogP contribution in [0.2, 0.25) is 0 Å². The zero-order valence-electron chi connectivity index (χ0n) is 17.3. The summed E-state index contributed by atoms with van der Waals surface area (Å²) in [7, 11) is 0. The number of rotatable bonds is 6. The van der Waals surface area contributed by atoms with E-state index in [9.17, 15) is 19.2 Å². The lowest BCUT2D eigenvalue weighted by Crippen LogP contribution is -2.34. The molecule has 3 rings (SSSR count). The number of hydrogen-bond donors (Lipinski definition) is 2. The summed E-state index contributed by atoms with van der Waals surface area (Å²) in [6, 6.07) is 4.49. The molecular weight excluding hydrogens is 406 g/mol. The molecule has 2 N–H and O–H groups in total. The molecular formula is C21H23N3O5S. The van der Waals surface area contributed by atoms with Crippen molar-refractivity contribution < 1.29 is 14.3 Å². The van der Waals surface area contributed by atoms with Crippen LogP contribution >= 0.6 is 11.3 Å². The van der Waals surface area contributed by atoms with Crippen molar-refractivity contribution in [2.75, 3.05) is 11.9 Å². The Labute approximate surface area is 176 Å². The predicted molar refractivity (Wildman–Crippen MR) is 117 cm³/mol. The third-order valence-corrected chi connectivity index (χ3v) is 5.89. The second-order valence-electron chi connectivity index (χ2n) is 6.61. The molecule has 0 atom stereocenters. The van der Waals surface area contributed by atoms with Crippen molar-refractivity contribution >= 4 is 39.1 Å². The number of carbonyl (C=O) groups excluding carboxylic acids is 2. The Hall–Kier alpha value is -3.20. The van der Waals surface area contributed by atoms with Gasteiger partial charge in [-0.1, -0.05) is 6.92 Å². The van der Waals surface area contributed by atoms with Gasteiger partial charge >= 0.3 is 11.7 Å². The van der Waals surface area contributed by atoms with Crippen molar-refractivity contribution in [1.29, 1.82) is 0 Å². The summed E-state index contributed by atoms with van der Waals surface area (Å²) in [6.45, 7) is 7.74. The fourth-order valence-corrected chi connectivity index (χ4v) is 4.50. The predicted octanol–water partition coefficient (Wildman–Crippen LogP) is 3.07. The first-order valence-corrected chi connectivity index (χ1v) is 10.5. The second-order valence-corrected chi connectivity index (χ2v) is 7.83. The Morgan fingerprint density at radius 1 is 1.20 bits per heavy atom. The Morgan fingerprint density at radius 2 is 1.93 bits per heavy atom. The minimum atomic E-state index is -0.529. The minimum absolute atomic E-state index is 0.234. The number of H-pyrrole nitrogens is 1. The molecule has 0 saturated carbocycles. The van der Waals surface area contributed by atoms with Crippen LogP contribution in [0.3, 0.4) is 0 Å². The molecule has 0 fully saturated rings. The highest BCUT2D eigenvalue weighted by Crippen LogP contribution is 2.34. The zero-order chi connectivity index (χ0) is 22.0. The van der Waals surface area contributed by atoms with Gasteiger partial charge < -0.3 is 15.0 Å². The van der Waals surface area contributed by atoms with Crippen LogP contribution in [-0.2, 0) is 17.7 Å². The van der Waals surface area contributed by atoms with Crippen molar-refractivity contribution in [3.63, 3.8) is 0 Å². The number of amides is 1. The summed E-state index contributed by atoms with van der Waals surface area (Å²) < 4.78 is 6.25. The first kappa shape index (κ1) is 21.5. The van der Waals surface area contributed by atoms with E-state index in [-0.39, 0.29) is 24.2 Å². The highest BCUT2D eigenvalue weighted by molar-refractivity contribution is 7.16. The Morgan fingerprint density at radius 3 is 2.57 bits per heavy atom. The normalized spacial score (nSPS) is 10.9. The number of thiophene rings is 1. The van der Waals surface area contributed by atoms with Crippen molar-refractivity contribution in [3.8, 4) is 0 Å². The molecule has 1 amide bonds. The van der Waals surface area contributed by atoms with Gasteiger partial charge in [0.1, 0.15) is 5.00 Å². The van der Waals surface area contributed by atoms with Crippen LogP contribution in [0.25, 0.3) is 10.9 Å². The molecule has 1 aromatic carbocycles. The maximum atomic E-state index is 12.9. The summed E-state index contributed by atoms with van der Waals surface area (Å²) >= 11 is 1.31. The van der Waals surface area contributed by atoms with E-state index in [2.05, 4.69) is 10.3 Å². The number of aromatic nitrogens is 2. The van der Waals surface area contributed by atoms with E-state index in [1.165, 1.54) is 29.5 Å². The van der Waals surface area contributed by atoms with Gasteiger partial charge in [0.05, 0.1) is 23.1 Å². The van der Waals surface area contributed by atoms with E-state index in [0.717, 1.165) is 15.0 Å². The van der Waals surface area contributed by atoms with Crippen LogP contribution in [0.5, 0.6) is 0 Å². The first-order chi connectivity index (χ1) is 14.3. The molecule has 8 nitrogen and oxygen atoms in total. The lowest BCUT2D eigenvalue weighted by Gasteiger charge is -2.09. The molecule has 3 aromatic rings. The van der Waals surface area contributed by atoms with E-state index in [0.29, 0.717) is 22.4 Å². The molecule has 158 valence electrons. The van der Waals surface area contributed by atoms with Crippen LogP contribution in [0.15, 0.2) is 27.8 Å². The lowest BCUT2D eigenvalue weighted by atomic mass is 10.1. The average molecular weight is 429 g/mol. The lowest BCUT2D eigenvalue weighted by molar-refractivity contribution is 0.0527. The fraction of sp³-hybridized carbons (Fsp3) is 0.333. The molecule has 0 unspecified atom stereocenters. The molecule has 0 aliphatic rings. The quantitative estimate of drug-likeness (QED) is 0.585. The first-order valence-electron chi connectivity index (χ1n) is 9.69. The monoisotopic (exact) mass is 429 g/mol. The van der Waals surface area contributed by atoms with Crippen molar-refractivity contribution in [2.24, 2.45) is 0 Å². The summed E-state index contributed by atoms with van der Waals surface area (Å²) in [4.78, 5) is 53.3. The number of nitrogens with one attached hydrogen (secondary N) is 2. The molecule has 0 aliphatic heterocycles. The van der Waals surface area contributed by atoms with Crippen molar-refractivity contribution in [1.82, 2.24) is 9.55 Å². The number of fused-ring (bicyclic) bond motifs is 1. The average Bonchev–Trinajstić information content (AvgIpc) is 3.02. The second kappa shape index (κ2) is 8.66. The van der Waals surface area contributed by atoms with Gasteiger partial charge in [0.2, 0.25) is 0 Å². The van der Waals surface area contributed by atoms with Gasteiger partial charge in [-0.15, -0.1) is 11.3 Å². The number of benzene rings is 1. The standard InChI is InChI=1S/C21H23N3O5S/c1-5-13-11(4)30-18(16(13)20(27)29-7-3)23-17(25)12-8-9-14-15(10-12)22-21(28)24(6-2)19(14)26/h8-10H,5-7H2,1-4H3,(H,22,28)(H,23,25). The fourth-order valence-electron chi connectivity index (χ4n) is 3.37. The Bertz CT molecular complexity index is 1250. The number of esters is 1. The largest absolute Gasteiger partial charge is 0.462 e. The third-order valence-electron chi connectivity index (χ3n) is 4.83. The number of aryl methyl sites for hydroxylation is 1. The molecule has 0 saturated heterocycles. The minimum Gasteiger partial charge on any atom is -0.462 e.